The summed E-state index contributed by atoms with van der Waals surface area (Å²) >= 11 is 0. The van der Waals surface area contributed by atoms with Crippen LogP contribution >= 0.6 is 0 Å². The predicted octanol–water partition coefficient (Wildman–Crippen LogP) is 1.78. The summed E-state index contributed by atoms with van der Waals surface area (Å²) in [5.74, 6) is -2.05. The van der Waals surface area contributed by atoms with Crippen LogP contribution in [0, 0.1) is 17.3 Å². The first-order valence-corrected chi connectivity index (χ1v) is 9.40. The quantitative estimate of drug-likeness (QED) is 0.600. The fraction of sp³-hybridized carbons (Fsp3) is 0.933. The summed E-state index contributed by atoms with van der Waals surface area (Å²) in [5.41, 5.74) is -2.85. The first-order valence-electron chi connectivity index (χ1n) is 7.99. The van der Waals surface area contributed by atoms with Gasteiger partial charge in [-0.25, -0.2) is 13.2 Å². The van der Waals surface area contributed by atoms with E-state index in [-0.39, 0.29) is 18.3 Å². The third-order valence-electron chi connectivity index (χ3n) is 6.17. The van der Waals surface area contributed by atoms with Crippen molar-refractivity contribution in [3.63, 3.8) is 0 Å². The summed E-state index contributed by atoms with van der Waals surface area (Å²) in [7, 11) is -6.14. The molecule has 1 N–H and O–H groups in total. The van der Waals surface area contributed by atoms with Crippen LogP contribution in [0.25, 0.3) is 0 Å². The zero-order valence-corrected chi connectivity index (χ0v) is 14.4. The Balaban J connectivity index is 1.90. The van der Waals surface area contributed by atoms with Crippen LogP contribution in [-0.2, 0) is 19.6 Å². The lowest BCUT2D eigenvalue weighted by Gasteiger charge is -2.64. The number of aliphatic hydroxyl groups is 1. The van der Waals surface area contributed by atoms with Crippen molar-refractivity contribution in [3.05, 3.63) is 0 Å². The van der Waals surface area contributed by atoms with E-state index in [9.17, 15) is 31.7 Å². The topological polar surface area (TPSA) is 104 Å². The average Bonchev–Trinajstić information content (AvgIpc) is 2.33. The first kappa shape index (κ1) is 18.0. The van der Waals surface area contributed by atoms with Crippen LogP contribution in [-0.4, -0.2) is 40.5 Å². The highest BCUT2D eigenvalue weighted by atomic mass is 32.2. The van der Waals surface area contributed by atoms with Gasteiger partial charge >= 0.3 is 11.2 Å². The van der Waals surface area contributed by atoms with E-state index < -0.39 is 38.0 Å². The smallest absolute Gasteiger partial charge is 0.428 e. The fourth-order valence-corrected chi connectivity index (χ4v) is 5.62. The molecule has 4 bridgehead atoms. The molecule has 2 atom stereocenters. The Kier molecular flexibility index (Phi) is 3.66. The van der Waals surface area contributed by atoms with Gasteiger partial charge in [-0.3, -0.25) is 0 Å². The Labute approximate surface area is 139 Å². The Morgan fingerprint density at radius 2 is 1.71 bits per heavy atom. The van der Waals surface area contributed by atoms with E-state index in [1.165, 1.54) is 0 Å². The summed E-state index contributed by atoms with van der Waals surface area (Å²) in [6, 6.07) is 0. The number of carbonyl (C=O) groups excluding carboxylic acids is 1. The number of carbonyl (C=O) groups is 1. The number of hydrogen-bond acceptors (Lipinski definition) is 6. The zero-order chi connectivity index (χ0) is 18.2. The molecule has 4 rings (SSSR count). The van der Waals surface area contributed by atoms with Crippen LogP contribution in [0.4, 0.5) is 8.78 Å². The lowest BCUT2D eigenvalue weighted by atomic mass is 9.44. The second kappa shape index (κ2) is 4.88. The van der Waals surface area contributed by atoms with Crippen molar-refractivity contribution >= 4 is 16.1 Å². The molecule has 4 aliphatic carbocycles. The van der Waals surface area contributed by atoms with Crippen molar-refractivity contribution in [2.45, 2.75) is 68.8 Å². The number of halogens is 2. The third kappa shape index (κ3) is 2.55. The lowest BCUT2D eigenvalue weighted by Crippen LogP contribution is -2.64. The predicted molar refractivity (Wildman–Crippen MR) is 76.9 cm³/mol. The molecule has 0 aromatic heterocycles. The summed E-state index contributed by atoms with van der Waals surface area (Å²) < 4.78 is 64.0. The Hall–Kier alpha value is -0.800. The number of hydrogen-bond donors (Lipinski definition) is 1. The van der Waals surface area contributed by atoms with Gasteiger partial charge in [0.15, 0.2) is 10.1 Å². The van der Waals surface area contributed by atoms with Gasteiger partial charge in [-0.15, -0.1) is 0 Å². The molecule has 138 valence electrons. The normalized spacial score (nSPS) is 39.1. The highest BCUT2D eigenvalue weighted by Gasteiger charge is 2.65. The lowest BCUT2D eigenvalue weighted by molar-refractivity contribution is -0.240. The Morgan fingerprint density at radius 1 is 1.21 bits per heavy atom. The van der Waals surface area contributed by atoms with Crippen molar-refractivity contribution in [3.8, 4) is 0 Å². The maximum atomic E-state index is 13.5. The Morgan fingerprint density at radius 3 is 2.12 bits per heavy atom. The van der Waals surface area contributed by atoms with E-state index in [1.807, 2.05) is 0 Å². The maximum absolute atomic E-state index is 13.5. The van der Waals surface area contributed by atoms with E-state index in [0.29, 0.717) is 12.8 Å². The fourth-order valence-electron chi connectivity index (χ4n) is 5.37. The maximum Gasteiger partial charge on any atom is 0.428 e. The summed E-state index contributed by atoms with van der Waals surface area (Å²) in [6.45, 7) is 3.32. The number of rotatable bonds is 4. The van der Waals surface area contributed by atoms with Gasteiger partial charge in [-0.05, 0) is 64.2 Å². The Bertz CT molecular complexity index is 652. The van der Waals surface area contributed by atoms with Gasteiger partial charge in [0.2, 0.25) is 0 Å². The second-order valence-electron chi connectivity index (χ2n) is 8.34. The van der Waals surface area contributed by atoms with Crippen LogP contribution in [0.3, 0.4) is 0 Å². The molecule has 0 radical (unpaired) electrons. The van der Waals surface area contributed by atoms with E-state index in [4.69, 9.17) is 4.74 Å². The zero-order valence-electron chi connectivity index (χ0n) is 13.5. The van der Waals surface area contributed by atoms with Gasteiger partial charge in [-0.1, -0.05) is 0 Å². The van der Waals surface area contributed by atoms with Crippen LogP contribution in [0.2, 0.25) is 0 Å². The van der Waals surface area contributed by atoms with Gasteiger partial charge in [0, 0.05) is 5.41 Å². The van der Waals surface area contributed by atoms with Crippen molar-refractivity contribution in [2.75, 3.05) is 0 Å². The van der Waals surface area contributed by atoms with E-state index in [1.54, 1.807) is 13.8 Å². The largest absolute Gasteiger partial charge is 0.743 e. The molecule has 0 saturated heterocycles. The average molecular weight is 367 g/mol. The summed E-state index contributed by atoms with van der Waals surface area (Å²) in [5, 5.41) is 5.49. The molecule has 4 aliphatic rings. The monoisotopic (exact) mass is 367 g/mol. The molecule has 0 aromatic carbocycles. The van der Waals surface area contributed by atoms with Crippen LogP contribution in [0.1, 0.15) is 52.4 Å². The second-order valence-corrected chi connectivity index (χ2v) is 9.76. The standard InChI is InChI=1S/C15H22F2O6S/c1-12(2,19)13-4-9-3-10(5-13)7-14(6-9,8-13)23-11(18)15(16,17)24(20,21)22/h9-10,19H,3-8H2,1-2H3,(H,20,21,22)/p-1. The minimum Gasteiger partial charge on any atom is -0.743 e. The highest BCUT2D eigenvalue weighted by Crippen LogP contribution is 2.66. The molecule has 9 heteroatoms. The van der Waals surface area contributed by atoms with E-state index in [0.717, 1.165) is 19.3 Å². The van der Waals surface area contributed by atoms with Crippen molar-refractivity contribution in [2.24, 2.45) is 17.3 Å². The molecule has 24 heavy (non-hydrogen) atoms. The first-order chi connectivity index (χ1) is 10.7. The van der Waals surface area contributed by atoms with Crippen molar-refractivity contribution < 1.29 is 36.4 Å². The summed E-state index contributed by atoms with van der Waals surface area (Å²) in [4.78, 5) is 11.7. The molecule has 0 heterocycles. The SMILES string of the molecule is CC(C)(O)C12CC3CC(CC(OC(=O)C(F)(F)S(=O)(=O)[O-])(C3)C1)C2. The molecule has 0 aliphatic heterocycles. The third-order valence-corrected chi connectivity index (χ3v) is 6.96. The molecule has 0 aromatic rings. The van der Waals surface area contributed by atoms with E-state index in [2.05, 4.69) is 0 Å². The number of ether oxygens (including phenoxy) is 1. The van der Waals surface area contributed by atoms with Gasteiger partial charge in [0.25, 0.3) is 0 Å². The minimum atomic E-state index is -6.14. The molecular weight excluding hydrogens is 346 g/mol. The molecule has 0 amide bonds. The van der Waals surface area contributed by atoms with Gasteiger partial charge in [-0.2, -0.15) is 8.78 Å². The molecule has 0 spiro atoms. The van der Waals surface area contributed by atoms with Crippen molar-refractivity contribution in [1.82, 2.24) is 0 Å². The van der Waals surface area contributed by atoms with Crippen LogP contribution in [0.15, 0.2) is 0 Å². The number of esters is 1. The van der Waals surface area contributed by atoms with Crippen molar-refractivity contribution in [1.29, 1.82) is 0 Å². The van der Waals surface area contributed by atoms with Gasteiger partial charge in [0.1, 0.15) is 5.60 Å². The molecule has 4 saturated carbocycles. The van der Waals surface area contributed by atoms with E-state index >= 15 is 0 Å². The molecular formula is C15H21F2O6S-. The molecule has 6 nitrogen and oxygen atoms in total. The van der Waals surface area contributed by atoms with Crippen LogP contribution < -0.4 is 0 Å². The summed E-state index contributed by atoms with van der Waals surface area (Å²) in [6.07, 6.45) is 3.26. The highest BCUT2D eigenvalue weighted by molar-refractivity contribution is 7.87. The molecule has 4 fully saturated rings. The molecule has 2 unspecified atom stereocenters. The van der Waals surface area contributed by atoms with Gasteiger partial charge in [0.05, 0.1) is 5.60 Å². The number of alkyl halides is 2. The van der Waals surface area contributed by atoms with Gasteiger partial charge < -0.3 is 14.4 Å². The van der Waals surface area contributed by atoms with Crippen LogP contribution in [0.5, 0.6) is 0 Å². The minimum absolute atomic E-state index is 0.128.